The van der Waals surface area contributed by atoms with Crippen molar-refractivity contribution in [3.05, 3.63) is 77.2 Å². The zero-order valence-corrected chi connectivity index (χ0v) is 16.9. The highest BCUT2D eigenvalue weighted by molar-refractivity contribution is 5.23. The van der Waals surface area contributed by atoms with Gasteiger partial charge in [0, 0.05) is 45.2 Å². The average Bonchev–Trinajstić information content (AvgIpc) is 3.50. The third-order valence-electron chi connectivity index (χ3n) is 6.12. The van der Waals surface area contributed by atoms with Gasteiger partial charge in [-0.1, -0.05) is 47.1 Å². The monoisotopic (exact) mass is 389 g/mol. The molecule has 0 unspecified atom stereocenters. The van der Waals surface area contributed by atoms with Crippen LogP contribution in [0.15, 0.2) is 58.9 Å². The van der Waals surface area contributed by atoms with Crippen molar-refractivity contribution in [2.24, 2.45) is 7.05 Å². The molecule has 0 saturated carbocycles. The lowest BCUT2D eigenvalue weighted by molar-refractivity contribution is 0.308. The molecule has 3 aromatic rings. The molecular weight excluding hydrogens is 362 g/mol. The van der Waals surface area contributed by atoms with E-state index in [2.05, 4.69) is 57.8 Å². The molecule has 0 N–H and O–H groups in total. The number of hydrogen-bond acceptors (Lipinski definition) is 5. The van der Waals surface area contributed by atoms with Crippen LogP contribution in [0.4, 0.5) is 0 Å². The summed E-state index contributed by atoms with van der Waals surface area (Å²) in [4.78, 5) is 7.29. The second-order valence-electron chi connectivity index (χ2n) is 8.32. The summed E-state index contributed by atoms with van der Waals surface area (Å²) in [6.07, 6.45) is 10.8. The van der Waals surface area contributed by atoms with E-state index in [1.165, 1.54) is 29.5 Å². The summed E-state index contributed by atoms with van der Waals surface area (Å²) in [7, 11) is 1.97. The van der Waals surface area contributed by atoms with E-state index >= 15 is 0 Å². The van der Waals surface area contributed by atoms with Crippen molar-refractivity contribution < 1.29 is 4.52 Å². The van der Waals surface area contributed by atoms with E-state index in [-0.39, 0.29) is 5.92 Å². The highest BCUT2D eigenvalue weighted by Gasteiger charge is 2.39. The van der Waals surface area contributed by atoms with Gasteiger partial charge in [-0.05, 0) is 30.4 Å². The second kappa shape index (κ2) is 7.95. The van der Waals surface area contributed by atoms with Crippen LogP contribution in [-0.4, -0.2) is 37.9 Å². The van der Waals surface area contributed by atoms with Gasteiger partial charge in [-0.25, -0.2) is 0 Å². The van der Waals surface area contributed by atoms with Crippen LogP contribution in [0.2, 0.25) is 0 Å². The zero-order chi connectivity index (χ0) is 19.6. The predicted octanol–water partition coefficient (Wildman–Crippen LogP) is 3.84. The molecule has 6 nitrogen and oxygen atoms in total. The van der Waals surface area contributed by atoms with Crippen LogP contribution < -0.4 is 0 Å². The van der Waals surface area contributed by atoms with E-state index in [9.17, 15) is 0 Å². The maximum Gasteiger partial charge on any atom is 0.231 e. The van der Waals surface area contributed by atoms with Gasteiger partial charge in [-0.2, -0.15) is 10.1 Å². The molecule has 1 saturated heterocycles. The highest BCUT2D eigenvalue weighted by Crippen LogP contribution is 2.39. The Bertz CT molecular complexity index is 990. The molecule has 0 bridgehead atoms. The van der Waals surface area contributed by atoms with E-state index in [1.54, 1.807) is 0 Å². The van der Waals surface area contributed by atoms with E-state index in [4.69, 9.17) is 9.51 Å². The summed E-state index contributed by atoms with van der Waals surface area (Å²) in [6.45, 7) is 2.81. The SMILES string of the molecule is Cn1cc([C@H]2CN(Cc3ccccc3)C[C@@H]2c2nc(CC3=CCCC3)no2)cn1. The average molecular weight is 390 g/mol. The largest absolute Gasteiger partial charge is 0.339 e. The lowest BCUT2D eigenvalue weighted by Gasteiger charge is -2.15. The third-order valence-corrected chi connectivity index (χ3v) is 6.12. The Labute approximate surface area is 171 Å². The number of aryl methyl sites for hydroxylation is 1. The van der Waals surface area contributed by atoms with Crippen molar-refractivity contribution in [3.8, 4) is 0 Å². The molecule has 150 valence electrons. The van der Waals surface area contributed by atoms with Gasteiger partial charge in [0.25, 0.3) is 0 Å². The summed E-state index contributed by atoms with van der Waals surface area (Å²) in [5, 5.41) is 8.70. The van der Waals surface area contributed by atoms with Crippen LogP contribution in [0.1, 0.15) is 53.9 Å². The smallest absolute Gasteiger partial charge is 0.231 e. The first kappa shape index (κ1) is 18.3. The normalized spacial score (nSPS) is 22.3. The molecule has 1 aliphatic heterocycles. The van der Waals surface area contributed by atoms with Crippen LogP contribution in [-0.2, 0) is 20.0 Å². The van der Waals surface area contributed by atoms with Gasteiger partial charge < -0.3 is 4.52 Å². The summed E-state index contributed by atoms with van der Waals surface area (Å²) in [6, 6.07) is 10.6. The molecule has 1 fully saturated rings. The van der Waals surface area contributed by atoms with Gasteiger partial charge in [0.05, 0.1) is 12.1 Å². The Hall–Kier alpha value is -2.73. The quantitative estimate of drug-likeness (QED) is 0.600. The van der Waals surface area contributed by atoms with Gasteiger partial charge in [0.15, 0.2) is 5.82 Å². The number of allylic oxidation sites excluding steroid dienone is 2. The van der Waals surface area contributed by atoms with Crippen LogP contribution >= 0.6 is 0 Å². The van der Waals surface area contributed by atoms with Crippen molar-refractivity contribution in [1.29, 1.82) is 0 Å². The maximum atomic E-state index is 5.77. The van der Waals surface area contributed by atoms with E-state index in [0.29, 0.717) is 5.92 Å². The molecular formula is C23H27N5O. The van der Waals surface area contributed by atoms with Crippen molar-refractivity contribution in [1.82, 2.24) is 24.8 Å². The zero-order valence-electron chi connectivity index (χ0n) is 16.9. The number of hydrogen-bond donors (Lipinski definition) is 0. The summed E-state index contributed by atoms with van der Waals surface area (Å²) in [5.74, 6) is 2.09. The van der Waals surface area contributed by atoms with Crippen molar-refractivity contribution in [2.75, 3.05) is 13.1 Å². The fourth-order valence-corrected chi connectivity index (χ4v) is 4.67. The van der Waals surface area contributed by atoms with Crippen LogP contribution in [0.3, 0.4) is 0 Å². The lowest BCUT2D eigenvalue weighted by Crippen LogP contribution is -2.20. The Morgan fingerprint density at radius 3 is 2.76 bits per heavy atom. The second-order valence-corrected chi connectivity index (χ2v) is 8.32. The van der Waals surface area contributed by atoms with Crippen molar-refractivity contribution >= 4 is 0 Å². The lowest BCUT2D eigenvalue weighted by atomic mass is 9.91. The number of benzene rings is 1. The molecule has 0 spiro atoms. The molecule has 1 aliphatic carbocycles. The standard InChI is InChI=1S/C23H27N5O/c1-27-14-19(12-24-27)20-15-28(13-18-9-3-2-4-10-18)16-21(20)23-25-22(26-29-23)11-17-7-5-6-8-17/h2-4,7,9-10,12,14,20-21H,5-6,8,11,13,15-16H2,1H3/t20-,21+/m1/s1. The van der Waals surface area contributed by atoms with Crippen LogP contribution in [0.5, 0.6) is 0 Å². The Kier molecular flexibility index (Phi) is 5.02. The molecule has 2 aromatic heterocycles. The number of likely N-dealkylation sites (tertiary alicyclic amines) is 1. The molecule has 1 aromatic carbocycles. The minimum absolute atomic E-state index is 0.196. The van der Waals surface area contributed by atoms with E-state index < -0.39 is 0 Å². The molecule has 0 amide bonds. The highest BCUT2D eigenvalue weighted by atomic mass is 16.5. The minimum Gasteiger partial charge on any atom is -0.339 e. The third kappa shape index (κ3) is 4.03. The predicted molar refractivity (Wildman–Crippen MR) is 110 cm³/mol. The number of nitrogens with zero attached hydrogens (tertiary/aromatic N) is 5. The molecule has 0 radical (unpaired) electrons. The first-order valence-corrected chi connectivity index (χ1v) is 10.5. The van der Waals surface area contributed by atoms with Gasteiger partial charge in [0.1, 0.15) is 0 Å². The van der Waals surface area contributed by atoms with Crippen LogP contribution in [0.25, 0.3) is 0 Å². The summed E-state index contributed by atoms with van der Waals surface area (Å²) in [5.41, 5.74) is 4.02. The molecule has 2 aliphatic rings. The minimum atomic E-state index is 0.196. The molecule has 5 rings (SSSR count). The van der Waals surface area contributed by atoms with Gasteiger partial charge in [-0.15, -0.1) is 0 Å². The van der Waals surface area contributed by atoms with Gasteiger partial charge in [-0.3, -0.25) is 9.58 Å². The van der Waals surface area contributed by atoms with Crippen molar-refractivity contribution in [2.45, 2.75) is 44.1 Å². The van der Waals surface area contributed by atoms with Crippen molar-refractivity contribution in [3.63, 3.8) is 0 Å². The Balaban J connectivity index is 1.37. The fourth-order valence-electron chi connectivity index (χ4n) is 4.67. The molecule has 29 heavy (non-hydrogen) atoms. The Morgan fingerprint density at radius 2 is 2.00 bits per heavy atom. The van der Waals surface area contributed by atoms with E-state index in [1.807, 2.05) is 17.9 Å². The molecule has 2 atom stereocenters. The first-order valence-electron chi connectivity index (χ1n) is 10.5. The van der Waals surface area contributed by atoms with Crippen LogP contribution in [0, 0.1) is 0 Å². The van der Waals surface area contributed by atoms with Gasteiger partial charge >= 0.3 is 0 Å². The molecule has 6 heteroatoms. The summed E-state index contributed by atoms with van der Waals surface area (Å²) < 4.78 is 7.65. The number of rotatable bonds is 6. The fraction of sp³-hybridized carbons (Fsp3) is 0.435. The first-order chi connectivity index (χ1) is 14.2. The Morgan fingerprint density at radius 1 is 1.14 bits per heavy atom. The summed E-state index contributed by atoms with van der Waals surface area (Å²) >= 11 is 0. The van der Waals surface area contributed by atoms with Gasteiger partial charge in [0.2, 0.25) is 5.89 Å². The maximum absolute atomic E-state index is 5.77. The van der Waals surface area contributed by atoms with E-state index in [0.717, 1.165) is 44.2 Å². The topological polar surface area (TPSA) is 60.0 Å². The molecule has 3 heterocycles. The number of aromatic nitrogens is 4.